The second-order valence-electron chi connectivity index (χ2n) is 9.57. The van der Waals surface area contributed by atoms with Gasteiger partial charge in [-0.05, 0) is 42.1 Å². The molecule has 0 fully saturated rings. The number of phenolic OH excluding ortho intramolecular Hbond substituents is 1. The summed E-state index contributed by atoms with van der Waals surface area (Å²) in [4.78, 5) is 32.3. The summed E-state index contributed by atoms with van der Waals surface area (Å²) in [6, 6.07) is 3.26. The number of pyridine rings is 1. The molecule has 0 spiro atoms. The number of hydrogen-bond acceptors (Lipinski definition) is 7. The fourth-order valence-electron chi connectivity index (χ4n) is 5.20. The Morgan fingerprint density at radius 3 is 2.48 bits per heavy atom. The van der Waals surface area contributed by atoms with Crippen molar-refractivity contribution in [3.8, 4) is 11.4 Å². The van der Waals surface area contributed by atoms with Crippen molar-refractivity contribution < 1.29 is 41.0 Å². The molecule has 0 saturated carbocycles. The minimum absolute atomic E-state index is 0.00337. The number of halogens is 6. The molecule has 222 valence electrons. The first-order valence-electron chi connectivity index (χ1n) is 12.4. The molecular formula is C26H22F6N6O3S. The number of carbonyl (C=O) groups excluding carboxylic acids is 2. The van der Waals surface area contributed by atoms with Gasteiger partial charge in [-0.3, -0.25) is 14.6 Å². The zero-order valence-electron chi connectivity index (χ0n) is 21.5. The molecule has 5 rings (SSSR count). The van der Waals surface area contributed by atoms with E-state index in [2.05, 4.69) is 16.7 Å². The number of nitrogen functional groups attached to an aromatic ring is 1. The lowest BCUT2D eigenvalue weighted by Crippen LogP contribution is -2.46. The summed E-state index contributed by atoms with van der Waals surface area (Å²) in [6.07, 6.45) is -2.45. The highest BCUT2D eigenvalue weighted by Gasteiger charge is 2.41. The van der Waals surface area contributed by atoms with Crippen LogP contribution in [0.3, 0.4) is 0 Å². The van der Waals surface area contributed by atoms with E-state index < -0.39 is 46.7 Å². The van der Waals surface area contributed by atoms with Crippen LogP contribution in [0.5, 0.6) is 5.75 Å². The summed E-state index contributed by atoms with van der Waals surface area (Å²) in [7, 11) is 0. The molecule has 4 heterocycles. The second-order valence-corrected chi connectivity index (χ2v) is 10.7. The van der Waals surface area contributed by atoms with E-state index in [9.17, 15) is 41.0 Å². The minimum Gasteiger partial charge on any atom is -0.506 e. The molecule has 2 amide bonds. The Morgan fingerprint density at radius 2 is 1.86 bits per heavy atom. The van der Waals surface area contributed by atoms with Gasteiger partial charge in [-0.1, -0.05) is 6.58 Å². The van der Waals surface area contributed by atoms with Gasteiger partial charge in [-0.25, -0.2) is 4.68 Å². The van der Waals surface area contributed by atoms with Crippen molar-refractivity contribution in [3.05, 3.63) is 71.3 Å². The number of phenols is 1. The number of hydrogen-bond donors (Lipinski definition) is 2. The second kappa shape index (κ2) is 10.6. The van der Waals surface area contributed by atoms with E-state index >= 15 is 0 Å². The lowest BCUT2D eigenvalue weighted by atomic mass is 9.94. The average molecular weight is 613 g/mol. The predicted molar refractivity (Wildman–Crippen MR) is 139 cm³/mol. The average Bonchev–Trinajstić information content (AvgIpc) is 3.15. The number of nitrogens with zero attached hydrogens (tertiary/aromatic N) is 5. The van der Waals surface area contributed by atoms with Gasteiger partial charge in [0.15, 0.2) is 0 Å². The third kappa shape index (κ3) is 5.49. The SMILES string of the molecule is C=CC(=O)N1CCc2nn(-c3ccc(SC(F)(F)F)cc3O)c3c2C(C1)N(C(=O)c1cnc(C(F)(F)F)cc1N)CC3. The zero-order valence-corrected chi connectivity index (χ0v) is 22.4. The molecule has 9 nitrogen and oxygen atoms in total. The van der Waals surface area contributed by atoms with Gasteiger partial charge in [0.05, 0.1) is 23.0 Å². The van der Waals surface area contributed by atoms with Gasteiger partial charge in [0.25, 0.3) is 5.91 Å². The summed E-state index contributed by atoms with van der Waals surface area (Å²) in [5.74, 6) is -1.55. The van der Waals surface area contributed by atoms with E-state index in [1.807, 2.05) is 0 Å². The Balaban J connectivity index is 1.56. The van der Waals surface area contributed by atoms with Crippen LogP contribution in [0, 0.1) is 0 Å². The fourth-order valence-corrected chi connectivity index (χ4v) is 5.78. The van der Waals surface area contributed by atoms with Gasteiger partial charge >= 0.3 is 11.7 Å². The molecule has 0 bridgehead atoms. The lowest BCUT2D eigenvalue weighted by Gasteiger charge is -2.38. The Labute approximate surface area is 238 Å². The lowest BCUT2D eigenvalue weighted by molar-refractivity contribution is -0.141. The Morgan fingerprint density at radius 1 is 1.12 bits per heavy atom. The van der Waals surface area contributed by atoms with E-state index in [4.69, 9.17) is 5.73 Å². The molecule has 1 aromatic carbocycles. The van der Waals surface area contributed by atoms with Crippen LogP contribution >= 0.6 is 11.8 Å². The van der Waals surface area contributed by atoms with Crippen LogP contribution in [-0.2, 0) is 23.8 Å². The number of carbonyl (C=O) groups is 2. The fraction of sp³-hybridized carbons (Fsp3) is 0.308. The number of rotatable bonds is 4. The Kier molecular flexibility index (Phi) is 7.37. The third-order valence-corrected chi connectivity index (χ3v) is 7.74. The number of anilines is 1. The van der Waals surface area contributed by atoms with Gasteiger partial charge in [0, 0.05) is 54.8 Å². The van der Waals surface area contributed by atoms with E-state index in [1.165, 1.54) is 26.6 Å². The van der Waals surface area contributed by atoms with Crippen molar-refractivity contribution in [2.75, 3.05) is 25.4 Å². The van der Waals surface area contributed by atoms with Crippen LogP contribution in [0.25, 0.3) is 5.69 Å². The first-order chi connectivity index (χ1) is 19.7. The highest BCUT2D eigenvalue weighted by Crippen LogP contribution is 2.42. The first-order valence-corrected chi connectivity index (χ1v) is 13.2. The predicted octanol–water partition coefficient (Wildman–Crippen LogP) is 4.50. The molecule has 3 N–H and O–H groups in total. The normalized spacial score (nSPS) is 17.0. The summed E-state index contributed by atoms with van der Waals surface area (Å²) in [5.41, 5.74) is 1.12. The smallest absolute Gasteiger partial charge is 0.446 e. The quantitative estimate of drug-likeness (QED) is 0.253. The number of alkyl halides is 6. The van der Waals surface area contributed by atoms with E-state index in [1.54, 1.807) is 0 Å². The molecule has 16 heteroatoms. The van der Waals surface area contributed by atoms with Crippen LogP contribution in [0.2, 0.25) is 0 Å². The number of aromatic nitrogens is 3. The molecule has 0 saturated heterocycles. The highest BCUT2D eigenvalue weighted by molar-refractivity contribution is 8.00. The van der Waals surface area contributed by atoms with E-state index in [-0.39, 0.29) is 60.4 Å². The maximum atomic E-state index is 13.7. The van der Waals surface area contributed by atoms with Crippen molar-refractivity contribution >= 4 is 29.3 Å². The topological polar surface area (TPSA) is 118 Å². The summed E-state index contributed by atoms with van der Waals surface area (Å²) < 4.78 is 79.2. The number of nitrogens with two attached hydrogens (primary N) is 1. The van der Waals surface area contributed by atoms with Crippen molar-refractivity contribution in [1.82, 2.24) is 24.6 Å². The number of benzene rings is 1. The van der Waals surface area contributed by atoms with Gasteiger partial charge in [-0.2, -0.15) is 31.4 Å². The molecule has 1 unspecified atom stereocenters. The van der Waals surface area contributed by atoms with Gasteiger partial charge in [0.2, 0.25) is 5.91 Å². The molecule has 1 atom stereocenters. The van der Waals surface area contributed by atoms with Crippen LogP contribution in [-0.4, -0.2) is 66.6 Å². The third-order valence-electron chi connectivity index (χ3n) is 7.02. The van der Waals surface area contributed by atoms with E-state index in [0.717, 1.165) is 18.3 Å². The van der Waals surface area contributed by atoms with Crippen molar-refractivity contribution in [2.45, 2.75) is 35.5 Å². The Bertz CT molecular complexity index is 1590. The summed E-state index contributed by atoms with van der Waals surface area (Å²) >= 11 is -0.377. The summed E-state index contributed by atoms with van der Waals surface area (Å²) in [5, 5.41) is 15.3. The largest absolute Gasteiger partial charge is 0.506 e. The van der Waals surface area contributed by atoms with Gasteiger partial charge < -0.3 is 20.6 Å². The van der Waals surface area contributed by atoms with Gasteiger partial charge in [-0.15, -0.1) is 0 Å². The molecule has 2 aliphatic rings. The molecule has 42 heavy (non-hydrogen) atoms. The van der Waals surface area contributed by atoms with Crippen LogP contribution in [0.4, 0.5) is 32.0 Å². The standard InChI is InChI=1S/C26H22F6N6O3S/c1-2-22(40)36-7-5-16-23-18(38(35-16)17-4-3-13(9-20(17)39)42-26(30,31)32)6-8-37(19(23)12-36)24(41)14-11-34-21(10-15(14)33)25(27,28)29/h2-4,9-11,19,39H,1,5-8,12H2,(H2,33,34). The molecule has 2 aromatic heterocycles. The number of thioether (sulfide) groups is 1. The Hall–Kier alpha value is -4.21. The van der Waals surface area contributed by atoms with Crippen LogP contribution in [0.15, 0.2) is 48.0 Å². The molecule has 3 aromatic rings. The molecular weight excluding hydrogens is 590 g/mol. The van der Waals surface area contributed by atoms with Crippen molar-refractivity contribution in [1.29, 1.82) is 0 Å². The number of amides is 2. The van der Waals surface area contributed by atoms with Crippen LogP contribution in [0.1, 0.15) is 39.0 Å². The number of aromatic hydroxyl groups is 1. The molecule has 2 aliphatic heterocycles. The molecule has 0 aliphatic carbocycles. The highest BCUT2D eigenvalue weighted by atomic mass is 32.2. The maximum Gasteiger partial charge on any atom is 0.446 e. The van der Waals surface area contributed by atoms with Gasteiger partial charge in [0.1, 0.15) is 17.1 Å². The monoisotopic (exact) mass is 612 g/mol. The van der Waals surface area contributed by atoms with Crippen molar-refractivity contribution in [2.24, 2.45) is 0 Å². The van der Waals surface area contributed by atoms with Crippen molar-refractivity contribution in [3.63, 3.8) is 0 Å². The zero-order chi connectivity index (χ0) is 30.6. The first kappa shape index (κ1) is 29.3. The summed E-state index contributed by atoms with van der Waals surface area (Å²) in [6.45, 7) is 3.74. The maximum absolute atomic E-state index is 13.7. The minimum atomic E-state index is -4.76. The van der Waals surface area contributed by atoms with Crippen LogP contribution < -0.4 is 5.73 Å². The molecule has 0 radical (unpaired) electrons. The van der Waals surface area contributed by atoms with E-state index in [0.29, 0.717) is 23.0 Å².